The van der Waals surface area contributed by atoms with E-state index in [2.05, 4.69) is 10.4 Å². The van der Waals surface area contributed by atoms with Crippen molar-refractivity contribution in [2.24, 2.45) is 0 Å². The van der Waals surface area contributed by atoms with Crippen LogP contribution in [0.25, 0.3) is 11.5 Å². The first-order valence-electron chi connectivity index (χ1n) is 8.83. The van der Waals surface area contributed by atoms with Gasteiger partial charge in [-0.1, -0.05) is 0 Å². The van der Waals surface area contributed by atoms with Crippen molar-refractivity contribution in [3.8, 4) is 28.7 Å². The third-order valence-corrected chi connectivity index (χ3v) is 3.98. The predicted octanol–water partition coefficient (Wildman–Crippen LogP) is 1.72. The van der Waals surface area contributed by atoms with Gasteiger partial charge in [0.05, 0.1) is 27.0 Å². The van der Waals surface area contributed by atoms with E-state index in [1.54, 1.807) is 36.4 Å². The van der Waals surface area contributed by atoms with Crippen LogP contribution < -0.4 is 25.1 Å². The van der Waals surface area contributed by atoms with Gasteiger partial charge in [0.1, 0.15) is 22.9 Å². The summed E-state index contributed by atoms with van der Waals surface area (Å²) >= 11 is 0. The molecule has 0 unspecified atom stereocenters. The van der Waals surface area contributed by atoms with Gasteiger partial charge in [0, 0.05) is 30.8 Å². The fourth-order valence-electron chi connectivity index (χ4n) is 2.53. The third kappa shape index (κ3) is 5.38. The van der Waals surface area contributed by atoms with Gasteiger partial charge in [0.25, 0.3) is 11.5 Å². The molecule has 0 aliphatic rings. The van der Waals surface area contributed by atoms with Gasteiger partial charge in [-0.3, -0.25) is 9.59 Å². The van der Waals surface area contributed by atoms with Crippen LogP contribution in [0.5, 0.6) is 17.2 Å². The number of carbonyl (C=O) groups is 1. The number of hydrogen-bond donors (Lipinski definition) is 1. The van der Waals surface area contributed by atoms with Crippen molar-refractivity contribution in [3.05, 3.63) is 59.1 Å². The predicted molar refractivity (Wildman–Crippen MR) is 104 cm³/mol. The second kappa shape index (κ2) is 9.45. The second-order valence-corrected chi connectivity index (χ2v) is 5.94. The quantitative estimate of drug-likeness (QED) is 0.584. The Balaban J connectivity index is 1.52. The molecular formula is C20H21N3O6. The van der Waals surface area contributed by atoms with E-state index in [1.165, 1.54) is 31.2 Å². The summed E-state index contributed by atoms with van der Waals surface area (Å²) in [7, 11) is 3.06. The Morgan fingerprint density at radius 1 is 1.10 bits per heavy atom. The lowest BCUT2D eigenvalue weighted by molar-refractivity contribution is -0.123. The van der Waals surface area contributed by atoms with Crippen LogP contribution in [0, 0.1) is 0 Å². The minimum Gasteiger partial charge on any atom is -0.496 e. The van der Waals surface area contributed by atoms with Gasteiger partial charge >= 0.3 is 0 Å². The van der Waals surface area contributed by atoms with Crippen LogP contribution in [0.2, 0.25) is 0 Å². The van der Waals surface area contributed by atoms with E-state index >= 15 is 0 Å². The van der Waals surface area contributed by atoms with E-state index in [9.17, 15) is 9.59 Å². The summed E-state index contributed by atoms with van der Waals surface area (Å²) in [6.45, 7) is 0.245. The number of hydrogen-bond acceptors (Lipinski definition) is 7. The van der Waals surface area contributed by atoms with Gasteiger partial charge < -0.3 is 23.9 Å². The Morgan fingerprint density at radius 2 is 1.83 bits per heavy atom. The molecular weight excluding hydrogens is 378 g/mol. The number of aromatic nitrogens is 2. The summed E-state index contributed by atoms with van der Waals surface area (Å²) in [5, 5.41) is 6.93. The zero-order valence-corrected chi connectivity index (χ0v) is 16.1. The molecule has 0 radical (unpaired) electrons. The monoisotopic (exact) mass is 399 g/mol. The molecule has 2 aromatic heterocycles. The highest BCUT2D eigenvalue weighted by Crippen LogP contribution is 2.27. The van der Waals surface area contributed by atoms with Crippen molar-refractivity contribution in [1.82, 2.24) is 15.1 Å². The number of furan rings is 1. The van der Waals surface area contributed by atoms with Crippen molar-refractivity contribution < 1.29 is 23.4 Å². The zero-order chi connectivity index (χ0) is 20.6. The number of nitrogens with zero attached hydrogens (tertiary/aromatic N) is 2. The van der Waals surface area contributed by atoms with Crippen molar-refractivity contribution in [3.63, 3.8) is 0 Å². The third-order valence-electron chi connectivity index (χ3n) is 3.98. The molecule has 1 aromatic carbocycles. The lowest BCUT2D eigenvalue weighted by Gasteiger charge is -2.11. The average molecular weight is 399 g/mol. The molecule has 0 spiro atoms. The van der Waals surface area contributed by atoms with Crippen molar-refractivity contribution >= 4 is 5.91 Å². The highest BCUT2D eigenvalue weighted by molar-refractivity contribution is 5.77. The smallest absolute Gasteiger partial charge is 0.266 e. The number of rotatable bonds is 9. The van der Waals surface area contributed by atoms with E-state index in [1.807, 2.05) is 0 Å². The number of amides is 1. The Bertz CT molecular complexity index is 991. The molecule has 1 N–H and O–H groups in total. The standard InChI is InChI=1S/C20H21N3O6/c1-26-14-10-15(27-2)12-16(11-14)29-13-19(24)21-7-8-23-20(25)6-5-17(22-23)18-4-3-9-28-18/h3-6,9-12H,7-8,13H2,1-2H3,(H,21,24). The van der Waals surface area contributed by atoms with E-state index in [-0.39, 0.29) is 31.2 Å². The SMILES string of the molecule is COc1cc(OC)cc(OCC(=O)NCCn2nc(-c3ccco3)ccc2=O)c1. The van der Waals surface area contributed by atoms with Crippen LogP contribution in [0.1, 0.15) is 0 Å². The molecule has 0 aliphatic heterocycles. The van der Waals surface area contributed by atoms with Crippen LogP contribution in [-0.2, 0) is 11.3 Å². The van der Waals surface area contributed by atoms with E-state index in [0.717, 1.165) is 0 Å². The first kappa shape index (κ1) is 20.0. The molecule has 152 valence electrons. The Kier molecular flexibility index (Phi) is 6.51. The number of ether oxygens (including phenoxy) is 3. The van der Waals surface area contributed by atoms with Crippen LogP contribution in [0.15, 0.2) is 57.9 Å². The summed E-state index contributed by atoms with van der Waals surface area (Å²) < 4.78 is 22.3. The zero-order valence-electron chi connectivity index (χ0n) is 16.1. The van der Waals surface area contributed by atoms with Gasteiger partial charge in [-0.05, 0) is 18.2 Å². The molecule has 0 saturated heterocycles. The van der Waals surface area contributed by atoms with Gasteiger partial charge in [-0.2, -0.15) is 5.10 Å². The van der Waals surface area contributed by atoms with Crippen molar-refractivity contribution in [2.75, 3.05) is 27.4 Å². The lowest BCUT2D eigenvalue weighted by atomic mass is 10.3. The molecule has 9 heteroatoms. The maximum Gasteiger partial charge on any atom is 0.266 e. The van der Waals surface area contributed by atoms with Gasteiger partial charge in [-0.25, -0.2) is 4.68 Å². The topological polar surface area (TPSA) is 105 Å². The number of nitrogens with one attached hydrogen (secondary N) is 1. The summed E-state index contributed by atoms with van der Waals surface area (Å²) in [5.74, 6) is 1.79. The fourth-order valence-corrected chi connectivity index (χ4v) is 2.53. The molecule has 3 rings (SSSR count). The van der Waals surface area contributed by atoms with Crippen LogP contribution in [-0.4, -0.2) is 43.1 Å². The molecule has 2 heterocycles. The normalized spacial score (nSPS) is 10.4. The van der Waals surface area contributed by atoms with Crippen LogP contribution >= 0.6 is 0 Å². The molecule has 0 atom stereocenters. The molecule has 0 aliphatic carbocycles. The minimum atomic E-state index is -0.331. The number of methoxy groups -OCH3 is 2. The largest absolute Gasteiger partial charge is 0.496 e. The summed E-state index contributed by atoms with van der Waals surface area (Å²) in [6.07, 6.45) is 1.53. The number of carbonyl (C=O) groups excluding carboxylic acids is 1. The average Bonchev–Trinajstić information content (AvgIpc) is 3.28. The molecule has 0 bridgehead atoms. The van der Waals surface area contributed by atoms with Crippen molar-refractivity contribution in [2.45, 2.75) is 6.54 Å². The molecule has 29 heavy (non-hydrogen) atoms. The van der Waals surface area contributed by atoms with Gasteiger partial charge in [0.15, 0.2) is 12.4 Å². The molecule has 1 amide bonds. The van der Waals surface area contributed by atoms with Gasteiger partial charge in [-0.15, -0.1) is 0 Å². The maximum atomic E-state index is 12.0. The van der Waals surface area contributed by atoms with E-state index in [0.29, 0.717) is 28.7 Å². The first-order chi connectivity index (χ1) is 14.1. The lowest BCUT2D eigenvalue weighted by Crippen LogP contribution is -2.34. The molecule has 0 saturated carbocycles. The molecule has 0 fully saturated rings. The van der Waals surface area contributed by atoms with Crippen LogP contribution in [0.3, 0.4) is 0 Å². The fraction of sp³-hybridized carbons (Fsp3) is 0.250. The van der Waals surface area contributed by atoms with Crippen molar-refractivity contribution in [1.29, 1.82) is 0 Å². The van der Waals surface area contributed by atoms with Gasteiger partial charge in [0.2, 0.25) is 0 Å². The summed E-state index contributed by atoms with van der Waals surface area (Å²) in [5.41, 5.74) is 0.269. The Hall–Kier alpha value is -3.75. The highest BCUT2D eigenvalue weighted by atomic mass is 16.5. The number of benzene rings is 1. The Labute approximate surface area is 166 Å². The molecule has 9 nitrogen and oxygen atoms in total. The Morgan fingerprint density at radius 3 is 2.48 bits per heavy atom. The first-order valence-corrected chi connectivity index (χ1v) is 8.83. The highest BCUT2D eigenvalue weighted by Gasteiger charge is 2.08. The van der Waals surface area contributed by atoms with E-state index < -0.39 is 0 Å². The maximum absolute atomic E-state index is 12.0. The van der Waals surface area contributed by atoms with Crippen LogP contribution in [0.4, 0.5) is 0 Å². The minimum absolute atomic E-state index is 0.189. The summed E-state index contributed by atoms with van der Waals surface area (Å²) in [6, 6.07) is 11.5. The van der Waals surface area contributed by atoms with E-state index in [4.69, 9.17) is 18.6 Å². The second-order valence-electron chi connectivity index (χ2n) is 5.94. The summed E-state index contributed by atoms with van der Waals surface area (Å²) in [4.78, 5) is 24.0. The molecule has 3 aromatic rings.